The fourth-order valence-corrected chi connectivity index (χ4v) is 4.31. The first kappa shape index (κ1) is 20.0. The summed E-state index contributed by atoms with van der Waals surface area (Å²) >= 11 is 4.39. The molecule has 7 heteroatoms. The van der Waals surface area contributed by atoms with E-state index in [0.717, 1.165) is 19.0 Å². The Bertz CT molecular complexity index is 766. The summed E-state index contributed by atoms with van der Waals surface area (Å²) in [4.78, 5) is 22.4. The summed E-state index contributed by atoms with van der Waals surface area (Å²) in [6.45, 7) is 0. The molecule has 2 aromatic rings. The number of benzene rings is 2. The third kappa shape index (κ3) is 5.30. The number of methoxy groups -OCH3 is 2. The molecule has 5 nitrogen and oxygen atoms in total. The van der Waals surface area contributed by atoms with Gasteiger partial charge in [-0.05, 0) is 87.5 Å². The van der Waals surface area contributed by atoms with Gasteiger partial charge in [0.1, 0.15) is 11.5 Å². The lowest BCUT2D eigenvalue weighted by atomic mass is 10.1. The Morgan fingerprint density at radius 2 is 1.80 bits per heavy atom. The number of aldehydes is 1. The smallest absolute Gasteiger partial charge is 0.305 e. The van der Waals surface area contributed by atoms with E-state index in [1.165, 1.54) is 14.2 Å². The molecule has 132 valence electrons. The predicted octanol–water partition coefficient (Wildman–Crippen LogP) is 4.61. The Labute approximate surface area is 173 Å². The quantitative estimate of drug-likeness (QED) is 0.279. The predicted molar refractivity (Wildman–Crippen MR) is 111 cm³/mol. The van der Waals surface area contributed by atoms with E-state index >= 15 is 0 Å². The lowest BCUT2D eigenvalue weighted by Crippen LogP contribution is -2.03. The van der Waals surface area contributed by atoms with E-state index in [-0.39, 0.29) is 5.97 Å². The zero-order chi connectivity index (χ0) is 18.4. The van der Waals surface area contributed by atoms with Crippen molar-refractivity contribution < 1.29 is 23.8 Å². The van der Waals surface area contributed by atoms with Gasteiger partial charge in [0.2, 0.25) is 0 Å². The van der Waals surface area contributed by atoms with Crippen molar-refractivity contribution in [2.45, 2.75) is 12.8 Å². The second-order valence-electron chi connectivity index (χ2n) is 5.09. The molecule has 0 bridgehead atoms. The summed E-state index contributed by atoms with van der Waals surface area (Å²) < 4.78 is 17.6. The van der Waals surface area contributed by atoms with Crippen LogP contribution in [-0.2, 0) is 16.0 Å². The van der Waals surface area contributed by atoms with Crippen molar-refractivity contribution in [1.82, 2.24) is 0 Å². The van der Waals surface area contributed by atoms with E-state index in [9.17, 15) is 9.59 Å². The molecule has 0 saturated carbocycles. The van der Waals surface area contributed by atoms with E-state index in [1.54, 1.807) is 18.2 Å². The summed E-state index contributed by atoms with van der Waals surface area (Å²) in [5.74, 6) is 1.54. The third-order valence-corrected chi connectivity index (χ3v) is 5.05. The van der Waals surface area contributed by atoms with Crippen molar-refractivity contribution >= 4 is 57.4 Å². The number of esters is 1. The van der Waals surface area contributed by atoms with Crippen LogP contribution in [0.1, 0.15) is 22.3 Å². The number of hydrogen-bond donors (Lipinski definition) is 0. The minimum atomic E-state index is -0.232. The fraction of sp³-hybridized carbons (Fsp3) is 0.222. The molecule has 0 amide bonds. The molecule has 0 aliphatic rings. The van der Waals surface area contributed by atoms with Gasteiger partial charge in [-0.15, -0.1) is 0 Å². The molecule has 0 N–H and O–H groups in total. The maximum atomic E-state index is 11.3. The number of ether oxygens (including phenoxy) is 3. The summed E-state index contributed by atoms with van der Waals surface area (Å²) in [5, 5.41) is 0. The minimum absolute atomic E-state index is 0.232. The number of halogens is 2. The molecular weight excluding hydrogens is 550 g/mol. The molecule has 0 unspecified atom stereocenters. The van der Waals surface area contributed by atoms with Gasteiger partial charge in [0.25, 0.3) is 0 Å². The highest BCUT2D eigenvalue weighted by atomic mass is 127. The molecule has 0 atom stereocenters. The standard InChI is InChI=1S/C18H16I2O5/c1-23-16-5-4-13(9-12(16)10-21)25-18-14(19)7-11(8-15(18)20)3-6-17(22)24-2/h4-5,7-10H,3,6H2,1-2H3. The van der Waals surface area contributed by atoms with Crippen LogP contribution in [0.3, 0.4) is 0 Å². The van der Waals surface area contributed by atoms with Gasteiger partial charge < -0.3 is 14.2 Å². The fourth-order valence-electron chi connectivity index (χ4n) is 2.19. The molecule has 0 spiro atoms. The highest BCUT2D eigenvalue weighted by Gasteiger charge is 2.13. The molecule has 0 heterocycles. The maximum Gasteiger partial charge on any atom is 0.305 e. The molecular formula is C18H16I2O5. The van der Waals surface area contributed by atoms with Gasteiger partial charge in [0, 0.05) is 6.42 Å². The number of carbonyl (C=O) groups is 2. The van der Waals surface area contributed by atoms with Gasteiger partial charge in [-0.2, -0.15) is 0 Å². The summed E-state index contributed by atoms with van der Waals surface area (Å²) in [7, 11) is 2.90. The van der Waals surface area contributed by atoms with E-state index in [1.807, 2.05) is 12.1 Å². The first-order chi connectivity index (χ1) is 12.0. The molecule has 0 aliphatic carbocycles. The average Bonchev–Trinajstić information content (AvgIpc) is 2.62. The van der Waals surface area contributed by atoms with Crippen LogP contribution in [0.5, 0.6) is 17.2 Å². The van der Waals surface area contributed by atoms with Gasteiger partial charge in [-0.1, -0.05) is 0 Å². The zero-order valence-corrected chi connectivity index (χ0v) is 18.0. The molecule has 0 saturated heterocycles. The lowest BCUT2D eigenvalue weighted by molar-refractivity contribution is -0.140. The van der Waals surface area contributed by atoms with Crippen LogP contribution in [0.2, 0.25) is 0 Å². The maximum absolute atomic E-state index is 11.3. The Morgan fingerprint density at radius 3 is 2.36 bits per heavy atom. The van der Waals surface area contributed by atoms with Crippen molar-refractivity contribution in [1.29, 1.82) is 0 Å². The second-order valence-corrected chi connectivity index (χ2v) is 7.41. The van der Waals surface area contributed by atoms with Crippen LogP contribution < -0.4 is 9.47 Å². The van der Waals surface area contributed by atoms with Crippen LogP contribution in [0, 0.1) is 7.14 Å². The monoisotopic (exact) mass is 566 g/mol. The average molecular weight is 566 g/mol. The van der Waals surface area contributed by atoms with Crippen molar-refractivity contribution in [3.8, 4) is 17.2 Å². The minimum Gasteiger partial charge on any atom is -0.496 e. The van der Waals surface area contributed by atoms with Crippen molar-refractivity contribution in [3.05, 3.63) is 48.6 Å². The van der Waals surface area contributed by atoms with Crippen LogP contribution in [-0.4, -0.2) is 26.5 Å². The molecule has 0 radical (unpaired) electrons. The highest BCUT2D eigenvalue weighted by Crippen LogP contribution is 2.34. The second kappa shape index (κ2) is 9.37. The van der Waals surface area contributed by atoms with Gasteiger partial charge in [0.05, 0.1) is 26.9 Å². The van der Waals surface area contributed by atoms with E-state index < -0.39 is 0 Å². The summed E-state index contributed by atoms with van der Waals surface area (Å²) in [6.07, 6.45) is 1.68. The van der Waals surface area contributed by atoms with Gasteiger partial charge in [-0.25, -0.2) is 0 Å². The molecule has 0 aromatic heterocycles. The highest BCUT2D eigenvalue weighted by molar-refractivity contribution is 14.1. The number of carbonyl (C=O) groups excluding carboxylic acids is 2. The molecule has 2 aromatic carbocycles. The third-order valence-electron chi connectivity index (χ3n) is 3.45. The van der Waals surface area contributed by atoms with Gasteiger partial charge >= 0.3 is 5.97 Å². The zero-order valence-electron chi connectivity index (χ0n) is 13.7. The topological polar surface area (TPSA) is 61.8 Å². The Morgan fingerprint density at radius 1 is 1.12 bits per heavy atom. The van der Waals surface area contributed by atoms with Crippen LogP contribution in [0.25, 0.3) is 0 Å². The number of hydrogen-bond acceptors (Lipinski definition) is 5. The van der Waals surface area contributed by atoms with E-state index in [4.69, 9.17) is 9.47 Å². The largest absolute Gasteiger partial charge is 0.496 e. The molecule has 25 heavy (non-hydrogen) atoms. The molecule has 2 rings (SSSR count). The van der Waals surface area contributed by atoms with Crippen LogP contribution >= 0.6 is 45.2 Å². The van der Waals surface area contributed by atoms with Crippen molar-refractivity contribution in [2.24, 2.45) is 0 Å². The Balaban J connectivity index is 2.22. The SMILES string of the molecule is COC(=O)CCc1cc(I)c(Oc2ccc(OC)c(C=O)c2)c(I)c1. The Hall–Kier alpha value is -1.36. The first-order valence-corrected chi connectivity index (χ1v) is 9.50. The summed E-state index contributed by atoms with van der Waals surface area (Å²) in [5.41, 5.74) is 1.47. The van der Waals surface area contributed by atoms with Crippen LogP contribution in [0.15, 0.2) is 30.3 Å². The van der Waals surface area contributed by atoms with Crippen LogP contribution in [0.4, 0.5) is 0 Å². The van der Waals surface area contributed by atoms with Gasteiger partial charge in [-0.3, -0.25) is 9.59 Å². The Kier molecular flexibility index (Phi) is 7.48. The molecule has 0 aliphatic heterocycles. The lowest BCUT2D eigenvalue weighted by Gasteiger charge is -2.13. The number of rotatable bonds is 7. The normalized spacial score (nSPS) is 10.2. The first-order valence-electron chi connectivity index (χ1n) is 7.34. The van der Waals surface area contributed by atoms with Crippen molar-refractivity contribution in [3.63, 3.8) is 0 Å². The van der Waals surface area contributed by atoms with Crippen molar-refractivity contribution in [2.75, 3.05) is 14.2 Å². The summed E-state index contributed by atoms with van der Waals surface area (Å²) in [6, 6.07) is 9.05. The molecule has 0 fully saturated rings. The van der Waals surface area contributed by atoms with E-state index in [0.29, 0.717) is 35.7 Å². The number of aryl methyl sites for hydroxylation is 1. The van der Waals surface area contributed by atoms with E-state index in [2.05, 4.69) is 49.9 Å². The van der Waals surface area contributed by atoms with Gasteiger partial charge in [0.15, 0.2) is 12.0 Å².